The summed E-state index contributed by atoms with van der Waals surface area (Å²) in [7, 11) is 0. The number of allylic oxidation sites excluding steroid dienone is 1. The zero-order chi connectivity index (χ0) is 11.3. The molecule has 1 aromatic carbocycles. The Morgan fingerprint density at radius 2 is 2.20 bits per heavy atom. The molecule has 0 saturated carbocycles. The topological polar surface area (TPSA) is 54.4 Å². The summed E-state index contributed by atoms with van der Waals surface area (Å²) in [6, 6.07) is 3.48. The summed E-state index contributed by atoms with van der Waals surface area (Å²) in [5.74, 6) is -1.79. The van der Waals surface area contributed by atoms with Crippen molar-refractivity contribution in [3.8, 4) is 0 Å². The van der Waals surface area contributed by atoms with E-state index in [1.165, 1.54) is 24.3 Å². The van der Waals surface area contributed by atoms with E-state index in [1.54, 1.807) is 0 Å². The van der Waals surface area contributed by atoms with Crippen molar-refractivity contribution in [2.24, 2.45) is 0 Å². The highest BCUT2D eigenvalue weighted by molar-refractivity contribution is 5.92. The first-order chi connectivity index (χ1) is 7.15. The predicted octanol–water partition coefficient (Wildman–Crippen LogP) is 2.13. The first-order valence-electron chi connectivity index (χ1n) is 4.28. The number of benzene rings is 1. The average molecular weight is 208 g/mol. The molecule has 15 heavy (non-hydrogen) atoms. The van der Waals surface area contributed by atoms with Gasteiger partial charge in [-0.2, -0.15) is 0 Å². The summed E-state index contributed by atoms with van der Waals surface area (Å²) >= 11 is 0. The molecule has 0 spiro atoms. The molecule has 0 fully saturated rings. The van der Waals surface area contributed by atoms with E-state index in [0.29, 0.717) is 11.8 Å². The second kappa shape index (κ2) is 5.05. The number of halogens is 1. The molecule has 0 aliphatic carbocycles. The zero-order valence-electron chi connectivity index (χ0n) is 7.81. The number of carboxylic acid groups (broad SMARTS) is 1. The van der Waals surface area contributed by atoms with E-state index >= 15 is 0 Å². The fraction of sp³-hybridized carbons (Fsp3) is 0.0909. The standard InChI is InChI=1S/C11H9FO3/c12-9-5-4-8(3-1-2-6-13)10(7-9)11(14)15/h1,3-7H,2H2,(H,14,15). The van der Waals surface area contributed by atoms with Crippen LogP contribution < -0.4 is 0 Å². The van der Waals surface area contributed by atoms with Crippen molar-refractivity contribution in [2.75, 3.05) is 0 Å². The molecule has 1 rings (SSSR count). The molecule has 3 nitrogen and oxygen atoms in total. The van der Waals surface area contributed by atoms with Gasteiger partial charge in [0, 0.05) is 6.42 Å². The van der Waals surface area contributed by atoms with Crippen molar-refractivity contribution in [2.45, 2.75) is 6.42 Å². The van der Waals surface area contributed by atoms with E-state index in [1.807, 2.05) is 0 Å². The number of aromatic carboxylic acids is 1. The Morgan fingerprint density at radius 3 is 2.80 bits per heavy atom. The molecule has 0 heterocycles. The highest BCUT2D eigenvalue weighted by Gasteiger charge is 2.08. The maximum Gasteiger partial charge on any atom is 0.336 e. The van der Waals surface area contributed by atoms with Crippen molar-refractivity contribution < 1.29 is 19.1 Å². The van der Waals surface area contributed by atoms with Crippen LogP contribution in [0.15, 0.2) is 24.3 Å². The van der Waals surface area contributed by atoms with Gasteiger partial charge in [-0.3, -0.25) is 0 Å². The smallest absolute Gasteiger partial charge is 0.336 e. The molecule has 0 amide bonds. The minimum Gasteiger partial charge on any atom is -0.478 e. The summed E-state index contributed by atoms with van der Waals surface area (Å²) in [6.45, 7) is 0. The first-order valence-corrected chi connectivity index (χ1v) is 4.28. The lowest BCUT2D eigenvalue weighted by molar-refractivity contribution is -0.107. The van der Waals surface area contributed by atoms with Crippen LogP contribution in [0.25, 0.3) is 6.08 Å². The summed E-state index contributed by atoms with van der Waals surface area (Å²) in [4.78, 5) is 20.8. The Hall–Kier alpha value is -1.97. The Kier molecular flexibility index (Phi) is 3.74. The van der Waals surface area contributed by atoms with Crippen LogP contribution in [0.5, 0.6) is 0 Å². The van der Waals surface area contributed by atoms with Gasteiger partial charge < -0.3 is 9.90 Å². The summed E-state index contributed by atoms with van der Waals surface area (Å²) in [5, 5.41) is 8.78. The van der Waals surface area contributed by atoms with E-state index in [4.69, 9.17) is 5.11 Å². The SMILES string of the molecule is O=CCC=Cc1ccc(F)cc1C(=O)O. The molecule has 0 saturated heterocycles. The predicted molar refractivity (Wildman–Crippen MR) is 53.1 cm³/mol. The molecule has 0 radical (unpaired) electrons. The molecule has 0 bridgehead atoms. The van der Waals surface area contributed by atoms with E-state index in [-0.39, 0.29) is 12.0 Å². The average Bonchev–Trinajstić information content (AvgIpc) is 2.20. The molecule has 0 aromatic heterocycles. The van der Waals surface area contributed by atoms with Crippen molar-refractivity contribution in [1.29, 1.82) is 0 Å². The van der Waals surface area contributed by atoms with E-state index in [9.17, 15) is 14.0 Å². The van der Waals surface area contributed by atoms with Gasteiger partial charge in [0.15, 0.2) is 0 Å². The molecule has 0 aliphatic rings. The maximum atomic E-state index is 12.8. The van der Waals surface area contributed by atoms with Gasteiger partial charge in [-0.05, 0) is 17.7 Å². The maximum absolute atomic E-state index is 12.8. The number of hydrogen-bond acceptors (Lipinski definition) is 2. The molecular formula is C11H9FO3. The van der Waals surface area contributed by atoms with Crippen molar-refractivity contribution in [3.05, 3.63) is 41.2 Å². The van der Waals surface area contributed by atoms with E-state index in [2.05, 4.69) is 0 Å². The highest BCUT2D eigenvalue weighted by Crippen LogP contribution is 2.13. The Balaban J connectivity index is 3.05. The molecule has 1 aromatic rings. The van der Waals surface area contributed by atoms with Crippen LogP contribution in [0.2, 0.25) is 0 Å². The third kappa shape index (κ3) is 3.02. The number of rotatable bonds is 4. The first kappa shape index (κ1) is 11.1. The monoisotopic (exact) mass is 208 g/mol. The Bertz CT molecular complexity index is 410. The number of carbonyl (C=O) groups is 2. The molecule has 78 valence electrons. The number of carboxylic acids is 1. The summed E-state index contributed by atoms with van der Waals surface area (Å²) in [5.41, 5.74) is 0.267. The van der Waals surface area contributed by atoms with Gasteiger partial charge >= 0.3 is 5.97 Å². The second-order valence-electron chi connectivity index (χ2n) is 2.84. The van der Waals surface area contributed by atoms with Gasteiger partial charge in [0.1, 0.15) is 12.1 Å². The van der Waals surface area contributed by atoms with Crippen LogP contribution in [0, 0.1) is 5.82 Å². The lowest BCUT2D eigenvalue weighted by Crippen LogP contribution is -2.00. The Labute approximate surface area is 85.8 Å². The second-order valence-corrected chi connectivity index (χ2v) is 2.84. The minimum atomic E-state index is -1.19. The fourth-order valence-corrected chi connectivity index (χ4v) is 1.11. The zero-order valence-corrected chi connectivity index (χ0v) is 7.81. The lowest BCUT2D eigenvalue weighted by Gasteiger charge is -2.00. The fourth-order valence-electron chi connectivity index (χ4n) is 1.11. The molecule has 0 unspecified atom stereocenters. The quantitative estimate of drug-likeness (QED) is 0.771. The van der Waals surface area contributed by atoms with Gasteiger partial charge in [-0.1, -0.05) is 18.2 Å². The largest absolute Gasteiger partial charge is 0.478 e. The van der Waals surface area contributed by atoms with Gasteiger partial charge in [0.2, 0.25) is 0 Å². The van der Waals surface area contributed by atoms with E-state index in [0.717, 1.165) is 6.07 Å². The lowest BCUT2D eigenvalue weighted by atomic mass is 10.1. The molecular weight excluding hydrogens is 199 g/mol. The number of hydrogen-bond donors (Lipinski definition) is 1. The summed E-state index contributed by atoms with van der Waals surface area (Å²) < 4.78 is 12.8. The molecule has 4 heteroatoms. The Morgan fingerprint density at radius 1 is 1.47 bits per heavy atom. The van der Waals surface area contributed by atoms with Crippen LogP contribution >= 0.6 is 0 Å². The van der Waals surface area contributed by atoms with Crippen molar-refractivity contribution >= 4 is 18.3 Å². The highest BCUT2D eigenvalue weighted by atomic mass is 19.1. The van der Waals surface area contributed by atoms with Crippen LogP contribution in [0.3, 0.4) is 0 Å². The van der Waals surface area contributed by atoms with Crippen LogP contribution in [0.1, 0.15) is 22.3 Å². The third-order valence-electron chi connectivity index (χ3n) is 1.78. The normalized spacial score (nSPS) is 10.5. The van der Waals surface area contributed by atoms with Crippen LogP contribution in [-0.4, -0.2) is 17.4 Å². The van der Waals surface area contributed by atoms with E-state index < -0.39 is 11.8 Å². The molecule has 0 atom stereocenters. The third-order valence-corrected chi connectivity index (χ3v) is 1.78. The van der Waals surface area contributed by atoms with Gasteiger partial charge in [-0.15, -0.1) is 0 Å². The van der Waals surface area contributed by atoms with Gasteiger partial charge in [0.25, 0.3) is 0 Å². The molecule has 1 N–H and O–H groups in total. The molecule has 0 aliphatic heterocycles. The number of carbonyl (C=O) groups excluding carboxylic acids is 1. The number of aldehydes is 1. The van der Waals surface area contributed by atoms with Gasteiger partial charge in [-0.25, -0.2) is 9.18 Å². The summed E-state index contributed by atoms with van der Waals surface area (Å²) in [6.07, 6.45) is 3.90. The van der Waals surface area contributed by atoms with Crippen LogP contribution in [0.4, 0.5) is 4.39 Å². The van der Waals surface area contributed by atoms with Crippen molar-refractivity contribution in [3.63, 3.8) is 0 Å². The van der Waals surface area contributed by atoms with Crippen molar-refractivity contribution in [1.82, 2.24) is 0 Å². The minimum absolute atomic E-state index is 0.114. The van der Waals surface area contributed by atoms with Crippen LogP contribution in [-0.2, 0) is 4.79 Å². The van der Waals surface area contributed by atoms with Gasteiger partial charge in [0.05, 0.1) is 5.56 Å².